The molecule has 1 aromatic rings. The van der Waals surface area contributed by atoms with E-state index in [0.29, 0.717) is 5.88 Å². The van der Waals surface area contributed by atoms with E-state index in [1.165, 1.54) is 0 Å². The van der Waals surface area contributed by atoms with Crippen LogP contribution in [0.3, 0.4) is 0 Å². The van der Waals surface area contributed by atoms with Gasteiger partial charge in [0.1, 0.15) is 0 Å². The highest BCUT2D eigenvalue weighted by Crippen LogP contribution is 2.20. The number of benzene rings is 1. The smallest absolute Gasteiger partial charge is 0.219 e. The van der Waals surface area contributed by atoms with Crippen molar-refractivity contribution in [3.05, 3.63) is 29.3 Å². The van der Waals surface area contributed by atoms with Crippen LogP contribution in [0.5, 0.6) is 0 Å². The number of rotatable bonds is 3. The summed E-state index contributed by atoms with van der Waals surface area (Å²) in [5.41, 5.74) is 0. The van der Waals surface area contributed by atoms with Gasteiger partial charge in [0.05, 0.1) is 5.88 Å². The van der Waals surface area contributed by atoms with Crippen LogP contribution < -0.4 is 0 Å². The molecule has 1 aromatic carbocycles. The van der Waals surface area contributed by atoms with Crippen LogP contribution in [-0.2, 0) is 4.79 Å². The van der Waals surface area contributed by atoms with Gasteiger partial charge in [0.2, 0.25) is 5.91 Å². The first-order valence-corrected chi connectivity index (χ1v) is 5.56. The lowest BCUT2D eigenvalue weighted by atomic mass is 10.4. The van der Waals surface area contributed by atoms with Crippen LogP contribution in [0.25, 0.3) is 0 Å². The molecule has 0 bridgehead atoms. The van der Waals surface area contributed by atoms with Crippen molar-refractivity contribution in [2.24, 2.45) is 0 Å². The van der Waals surface area contributed by atoms with Gasteiger partial charge in [-0.2, -0.15) is 0 Å². The van der Waals surface area contributed by atoms with Gasteiger partial charge in [-0.1, -0.05) is 11.6 Å². The Kier molecular flexibility index (Phi) is 4.29. The second kappa shape index (κ2) is 5.27. The van der Waals surface area contributed by atoms with Crippen LogP contribution in [0.1, 0.15) is 6.92 Å². The molecule has 14 heavy (non-hydrogen) atoms. The minimum atomic E-state index is 0.0754. The quantitative estimate of drug-likeness (QED) is 0.587. The predicted octanol–water partition coefficient (Wildman–Crippen LogP) is 2.87. The molecule has 1 amide bonds. The second-order valence-corrected chi connectivity index (χ2v) is 4.40. The molecule has 2 nitrogen and oxygen atoms in total. The number of carbonyl (C=O) groups excluding carboxylic acids is 1. The van der Waals surface area contributed by atoms with E-state index >= 15 is 0 Å². The maximum Gasteiger partial charge on any atom is 0.219 e. The zero-order valence-corrected chi connectivity index (χ0v) is 9.73. The summed E-state index contributed by atoms with van der Waals surface area (Å²) in [6.07, 6.45) is 0. The standard InChI is InChI=1S/C10H12ClNOS/c1-8(13)12(2)7-14-10-5-3-9(11)4-6-10/h3-6H,7H2,1-2H3. The average molecular weight is 230 g/mol. The third-order valence-corrected chi connectivity index (χ3v) is 3.15. The summed E-state index contributed by atoms with van der Waals surface area (Å²) >= 11 is 7.36. The summed E-state index contributed by atoms with van der Waals surface area (Å²) in [6, 6.07) is 7.58. The summed E-state index contributed by atoms with van der Waals surface area (Å²) < 4.78 is 0. The molecule has 0 N–H and O–H groups in total. The van der Waals surface area contributed by atoms with Crippen molar-refractivity contribution in [1.82, 2.24) is 4.90 Å². The van der Waals surface area contributed by atoms with E-state index in [0.717, 1.165) is 9.92 Å². The molecule has 0 saturated heterocycles. The Labute approximate surface area is 93.2 Å². The fourth-order valence-electron chi connectivity index (χ4n) is 0.793. The van der Waals surface area contributed by atoms with Crippen LogP contribution in [0.4, 0.5) is 0 Å². The number of amides is 1. The zero-order valence-electron chi connectivity index (χ0n) is 8.16. The van der Waals surface area contributed by atoms with Crippen molar-refractivity contribution in [3.63, 3.8) is 0 Å². The topological polar surface area (TPSA) is 20.3 Å². The molecule has 0 fully saturated rings. The van der Waals surface area contributed by atoms with Gasteiger partial charge in [0.15, 0.2) is 0 Å². The van der Waals surface area contributed by atoms with Gasteiger partial charge in [-0.3, -0.25) is 4.79 Å². The Hall–Kier alpha value is -0.670. The van der Waals surface area contributed by atoms with Crippen molar-refractivity contribution >= 4 is 29.3 Å². The minimum absolute atomic E-state index is 0.0754. The van der Waals surface area contributed by atoms with Crippen molar-refractivity contribution in [2.75, 3.05) is 12.9 Å². The average Bonchev–Trinajstić information content (AvgIpc) is 2.16. The van der Waals surface area contributed by atoms with E-state index < -0.39 is 0 Å². The van der Waals surface area contributed by atoms with E-state index in [2.05, 4.69) is 0 Å². The fourth-order valence-corrected chi connectivity index (χ4v) is 1.77. The Balaban J connectivity index is 2.46. The molecular weight excluding hydrogens is 218 g/mol. The molecule has 0 radical (unpaired) electrons. The highest BCUT2D eigenvalue weighted by Gasteiger charge is 2.02. The van der Waals surface area contributed by atoms with Gasteiger partial charge in [0.25, 0.3) is 0 Å². The summed E-state index contributed by atoms with van der Waals surface area (Å²) in [5, 5.41) is 0.731. The normalized spacial score (nSPS) is 9.93. The second-order valence-electron chi connectivity index (χ2n) is 2.94. The summed E-state index contributed by atoms with van der Waals surface area (Å²) in [7, 11) is 1.78. The van der Waals surface area contributed by atoms with E-state index in [4.69, 9.17) is 11.6 Å². The van der Waals surface area contributed by atoms with Gasteiger partial charge in [-0.25, -0.2) is 0 Å². The summed E-state index contributed by atoms with van der Waals surface area (Å²) in [4.78, 5) is 13.7. The SMILES string of the molecule is CC(=O)N(C)CSc1ccc(Cl)cc1. The summed E-state index contributed by atoms with van der Waals surface area (Å²) in [6.45, 7) is 1.56. The molecule has 0 heterocycles. The van der Waals surface area contributed by atoms with Gasteiger partial charge in [0, 0.05) is 23.9 Å². The van der Waals surface area contributed by atoms with Crippen LogP contribution in [0, 0.1) is 0 Å². The molecule has 0 unspecified atom stereocenters. The lowest BCUT2D eigenvalue weighted by Gasteiger charge is -2.13. The third kappa shape index (κ3) is 3.60. The first-order chi connectivity index (χ1) is 6.59. The molecule has 0 saturated carbocycles. The number of carbonyl (C=O) groups is 1. The molecule has 4 heteroatoms. The molecule has 0 aliphatic heterocycles. The van der Waals surface area contributed by atoms with Gasteiger partial charge < -0.3 is 4.90 Å². The van der Waals surface area contributed by atoms with Crippen LogP contribution in [0.15, 0.2) is 29.2 Å². The van der Waals surface area contributed by atoms with Crippen LogP contribution >= 0.6 is 23.4 Å². The monoisotopic (exact) mass is 229 g/mol. The van der Waals surface area contributed by atoms with Gasteiger partial charge in [-0.05, 0) is 24.3 Å². The highest BCUT2D eigenvalue weighted by atomic mass is 35.5. The van der Waals surface area contributed by atoms with Crippen LogP contribution in [-0.4, -0.2) is 23.7 Å². The van der Waals surface area contributed by atoms with Crippen molar-refractivity contribution in [3.8, 4) is 0 Å². The number of hydrogen-bond acceptors (Lipinski definition) is 2. The Morgan fingerprint density at radius 1 is 1.43 bits per heavy atom. The zero-order chi connectivity index (χ0) is 10.6. The highest BCUT2D eigenvalue weighted by molar-refractivity contribution is 7.99. The first-order valence-electron chi connectivity index (χ1n) is 4.19. The lowest BCUT2D eigenvalue weighted by molar-refractivity contribution is -0.126. The Morgan fingerprint density at radius 3 is 2.50 bits per heavy atom. The van der Waals surface area contributed by atoms with Gasteiger partial charge >= 0.3 is 0 Å². The maximum absolute atomic E-state index is 10.9. The molecule has 0 aliphatic carbocycles. The number of halogens is 1. The lowest BCUT2D eigenvalue weighted by Crippen LogP contribution is -2.22. The Morgan fingerprint density at radius 2 is 2.00 bits per heavy atom. The predicted molar refractivity (Wildman–Crippen MR) is 60.6 cm³/mol. The minimum Gasteiger partial charge on any atom is -0.336 e. The van der Waals surface area contributed by atoms with Crippen molar-refractivity contribution < 1.29 is 4.79 Å². The fraction of sp³-hybridized carbons (Fsp3) is 0.300. The third-order valence-electron chi connectivity index (χ3n) is 1.78. The Bertz CT molecular complexity index is 312. The molecule has 0 aromatic heterocycles. The molecule has 0 aliphatic rings. The summed E-state index contributed by atoms with van der Waals surface area (Å²) in [5.74, 6) is 0.739. The molecular formula is C10H12ClNOS. The molecule has 76 valence electrons. The number of hydrogen-bond donors (Lipinski definition) is 0. The first kappa shape index (κ1) is 11.4. The van der Waals surface area contributed by atoms with Gasteiger partial charge in [-0.15, -0.1) is 11.8 Å². The number of thioether (sulfide) groups is 1. The van der Waals surface area contributed by atoms with Crippen LogP contribution in [0.2, 0.25) is 5.02 Å². The van der Waals surface area contributed by atoms with Crippen molar-refractivity contribution in [2.45, 2.75) is 11.8 Å². The molecule has 1 rings (SSSR count). The van der Waals surface area contributed by atoms with E-state index in [1.807, 2.05) is 24.3 Å². The van der Waals surface area contributed by atoms with E-state index in [-0.39, 0.29) is 5.91 Å². The maximum atomic E-state index is 10.9. The molecule has 0 spiro atoms. The largest absolute Gasteiger partial charge is 0.336 e. The van der Waals surface area contributed by atoms with E-state index in [9.17, 15) is 4.79 Å². The van der Waals surface area contributed by atoms with Crippen molar-refractivity contribution in [1.29, 1.82) is 0 Å². The van der Waals surface area contributed by atoms with E-state index in [1.54, 1.807) is 30.6 Å². The molecule has 0 atom stereocenters. The number of nitrogens with zero attached hydrogens (tertiary/aromatic N) is 1.